The molecule has 0 unspecified atom stereocenters. The molecule has 0 saturated heterocycles. The summed E-state index contributed by atoms with van der Waals surface area (Å²) in [7, 11) is 0. The van der Waals surface area contributed by atoms with E-state index in [1.807, 2.05) is 10.8 Å². The summed E-state index contributed by atoms with van der Waals surface area (Å²) in [6.07, 6.45) is 3.48. The molecule has 0 saturated carbocycles. The quantitative estimate of drug-likeness (QED) is 0.735. The van der Waals surface area contributed by atoms with E-state index in [4.69, 9.17) is 5.11 Å². The number of hydrogen-bond acceptors (Lipinski definition) is 5. The predicted octanol–water partition coefficient (Wildman–Crippen LogP) is -0.964. The van der Waals surface area contributed by atoms with Gasteiger partial charge in [-0.25, -0.2) is 14.6 Å². The lowest BCUT2D eigenvalue weighted by atomic mass is 10.4. The van der Waals surface area contributed by atoms with Crippen molar-refractivity contribution in [1.82, 2.24) is 19.8 Å². The zero-order valence-corrected chi connectivity index (χ0v) is 10.6. The summed E-state index contributed by atoms with van der Waals surface area (Å²) >= 11 is 0. The van der Waals surface area contributed by atoms with E-state index < -0.39 is 31.1 Å². The Bertz CT molecular complexity index is 527. The molecule has 0 radical (unpaired) electrons. The average Bonchev–Trinajstić information content (AvgIpc) is 2.85. The Labute approximate surface area is 114 Å². The average molecular weight is 282 g/mol. The van der Waals surface area contributed by atoms with E-state index in [2.05, 4.69) is 15.0 Å². The maximum absolute atomic E-state index is 11.8. The molecule has 0 fully saturated rings. The number of carbonyl (C=O) groups excluding carboxylic acids is 2. The summed E-state index contributed by atoms with van der Waals surface area (Å²) in [5, 5.41) is 10.5. The third-order valence-corrected chi connectivity index (χ3v) is 2.74. The number of aromatic nitrogens is 2. The topological polar surface area (TPSA) is 114 Å². The fraction of sp³-hybridized carbons (Fsp3) is 0.455. The van der Waals surface area contributed by atoms with Gasteiger partial charge in [0.2, 0.25) is 0 Å². The van der Waals surface area contributed by atoms with Gasteiger partial charge in [0.15, 0.2) is 0 Å². The number of carbonyl (C=O) groups is 3. The van der Waals surface area contributed by atoms with E-state index in [-0.39, 0.29) is 0 Å². The van der Waals surface area contributed by atoms with Crippen molar-refractivity contribution in [2.75, 3.05) is 19.8 Å². The number of fused-ring (bicyclic) bond motifs is 1. The summed E-state index contributed by atoms with van der Waals surface area (Å²) in [4.78, 5) is 39.0. The molecular formula is C11H14N4O5. The third kappa shape index (κ3) is 3.54. The smallest absolute Gasteiger partial charge is 0.329 e. The Kier molecular flexibility index (Phi) is 4.31. The van der Waals surface area contributed by atoms with Gasteiger partial charge in [-0.3, -0.25) is 10.1 Å². The van der Waals surface area contributed by atoms with Gasteiger partial charge in [-0.05, 0) is 0 Å². The van der Waals surface area contributed by atoms with E-state index in [9.17, 15) is 14.4 Å². The zero-order valence-electron chi connectivity index (χ0n) is 10.6. The van der Waals surface area contributed by atoms with Gasteiger partial charge in [0, 0.05) is 25.5 Å². The van der Waals surface area contributed by atoms with Crippen molar-refractivity contribution < 1.29 is 24.2 Å². The van der Waals surface area contributed by atoms with Crippen LogP contribution in [0.1, 0.15) is 5.82 Å². The Hall–Kier alpha value is -2.42. The fourth-order valence-corrected chi connectivity index (χ4v) is 1.81. The second-order valence-corrected chi connectivity index (χ2v) is 4.20. The Morgan fingerprint density at radius 3 is 2.90 bits per heavy atom. The highest BCUT2D eigenvalue weighted by Gasteiger charge is 2.22. The minimum atomic E-state index is -1.17. The first kappa shape index (κ1) is 14.0. The van der Waals surface area contributed by atoms with Crippen molar-refractivity contribution >= 4 is 17.9 Å². The van der Waals surface area contributed by atoms with Crippen LogP contribution in [0.4, 0.5) is 4.79 Å². The molecule has 3 amide bonds. The fourth-order valence-electron chi connectivity index (χ4n) is 1.81. The van der Waals surface area contributed by atoms with Gasteiger partial charge >= 0.3 is 12.0 Å². The van der Waals surface area contributed by atoms with Crippen LogP contribution < -0.4 is 5.32 Å². The van der Waals surface area contributed by atoms with Crippen LogP contribution in [0.2, 0.25) is 0 Å². The lowest BCUT2D eigenvalue weighted by molar-refractivity contribution is -0.143. The lowest BCUT2D eigenvalue weighted by Crippen LogP contribution is -2.47. The van der Waals surface area contributed by atoms with Crippen molar-refractivity contribution in [1.29, 1.82) is 0 Å². The van der Waals surface area contributed by atoms with E-state index in [0.717, 1.165) is 5.82 Å². The monoisotopic (exact) mass is 282 g/mol. The third-order valence-electron chi connectivity index (χ3n) is 2.74. The highest BCUT2D eigenvalue weighted by molar-refractivity contribution is 5.95. The van der Waals surface area contributed by atoms with Crippen molar-refractivity contribution in [3.8, 4) is 0 Å². The first-order chi connectivity index (χ1) is 9.56. The Morgan fingerprint density at radius 2 is 2.15 bits per heavy atom. The van der Waals surface area contributed by atoms with Crippen molar-refractivity contribution in [3.63, 3.8) is 0 Å². The molecule has 108 valence electrons. The van der Waals surface area contributed by atoms with E-state index in [1.165, 1.54) is 4.90 Å². The maximum Gasteiger partial charge on any atom is 0.329 e. The van der Waals surface area contributed by atoms with Gasteiger partial charge < -0.3 is 19.3 Å². The standard InChI is InChI=1S/C11H14N4O5/c16-9(6-20-7-10(17)18)13-11(19)15-4-3-14-2-1-12-8(14)5-15/h1-2H,3-7H2,(H,17,18)(H,13,16,19). The largest absolute Gasteiger partial charge is 0.480 e. The minimum Gasteiger partial charge on any atom is -0.480 e. The molecular weight excluding hydrogens is 268 g/mol. The van der Waals surface area contributed by atoms with E-state index in [0.29, 0.717) is 19.6 Å². The number of rotatable bonds is 4. The molecule has 1 aliphatic rings. The number of ether oxygens (including phenoxy) is 1. The van der Waals surface area contributed by atoms with Crippen LogP contribution in [-0.2, 0) is 27.4 Å². The molecule has 20 heavy (non-hydrogen) atoms. The number of nitrogens with one attached hydrogen (secondary N) is 1. The molecule has 0 aromatic carbocycles. The number of carboxylic acids is 1. The number of imide groups is 1. The van der Waals surface area contributed by atoms with E-state index >= 15 is 0 Å². The van der Waals surface area contributed by atoms with Crippen LogP contribution in [-0.4, -0.2) is 57.2 Å². The SMILES string of the molecule is O=C(O)COCC(=O)NC(=O)N1CCn2ccnc2C1. The number of urea groups is 1. The highest BCUT2D eigenvalue weighted by Crippen LogP contribution is 2.09. The molecule has 0 bridgehead atoms. The summed E-state index contributed by atoms with van der Waals surface area (Å²) in [6.45, 7) is 0.357. The predicted molar refractivity (Wildman–Crippen MR) is 64.6 cm³/mol. The van der Waals surface area contributed by atoms with Crippen LogP contribution >= 0.6 is 0 Å². The first-order valence-corrected chi connectivity index (χ1v) is 5.94. The second kappa shape index (κ2) is 6.15. The molecule has 2 heterocycles. The zero-order chi connectivity index (χ0) is 14.5. The van der Waals surface area contributed by atoms with Gasteiger partial charge in [-0.2, -0.15) is 0 Å². The molecule has 2 rings (SSSR count). The van der Waals surface area contributed by atoms with Crippen LogP contribution in [0.5, 0.6) is 0 Å². The molecule has 2 N–H and O–H groups in total. The van der Waals surface area contributed by atoms with Crippen LogP contribution in [0, 0.1) is 0 Å². The van der Waals surface area contributed by atoms with Gasteiger partial charge in [-0.1, -0.05) is 0 Å². The summed E-state index contributed by atoms with van der Waals surface area (Å²) in [5.74, 6) is -1.10. The normalized spacial score (nSPS) is 13.7. The van der Waals surface area contributed by atoms with E-state index in [1.54, 1.807) is 6.20 Å². The Morgan fingerprint density at radius 1 is 1.35 bits per heavy atom. The number of amides is 3. The number of nitrogens with zero attached hydrogens (tertiary/aromatic N) is 3. The summed E-state index contributed by atoms with van der Waals surface area (Å²) in [6, 6.07) is -0.539. The van der Waals surface area contributed by atoms with Crippen LogP contribution in [0.15, 0.2) is 12.4 Å². The lowest BCUT2D eigenvalue weighted by Gasteiger charge is -2.27. The van der Waals surface area contributed by atoms with Crippen LogP contribution in [0.3, 0.4) is 0 Å². The van der Waals surface area contributed by atoms with Gasteiger partial charge in [0.05, 0.1) is 6.54 Å². The van der Waals surface area contributed by atoms with Gasteiger partial charge in [0.25, 0.3) is 5.91 Å². The number of carboxylic acid groups (broad SMARTS) is 1. The second-order valence-electron chi connectivity index (χ2n) is 4.20. The molecule has 1 aromatic heterocycles. The molecule has 0 atom stereocenters. The molecule has 1 aromatic rings. The molecule has 0 spiro atoms. The minimum absolute atomic E-state index is 0.322. The van der Waals surface area contributed by atoms with Crippen LogP contribution in [0.25, 0.3) is 0 Å². The highest BCUT2D eigenvalue weighted by atomic mass is 16.5. The van der Waals surface area contributed by atoms with Gasteiger partial charge in [0.1, 0.15) is 19.0 Å². The summed E-state index contributed by atoms with van der Waals surface area (Å²) in [5.41, 5.74) is 0. The molecule has 9 heteroatoms. The molecule has 9 nitrogen and oxygen atoms in total. The van der Waals surface area contributed by atoms with Crippen molar-refractivity contribution in [2.24, 2.45) is 0 Å². The number of imidazole rings is 1. The first-order valence-electron chi connectivity index (χ1n) is 5.94. The van der Waals surface area contributed by atoms with Crippen molar-refractivity contribution in [2.45, 2.75) is 13.1 Å². The maximum atomic E-state index is 11.8. The summed E-state index contributed by atoms with van der Waals surface area (Å²) < 4.78 is 6.52. The van der Waals surface area contributed by atoms with Gasteiger partial charge in [-0.15, -0.1) is 0 Å². The number of hydrogen-bond donors (Lipinski definition) is 2. The molecule has 0 aliphatic carbocycles. The Balaban J connectivity index is 1.78. The molecule has 1 aliphatic heterocycles. The number of aliphatic carboxylic acids is 1. The van der Waals surface area contributed by atoms with Crippen molar-refractivity contribution in [3.05, 3.63) is 18.2 Å².